The lowest BCUT2D eigenvalue weighted by Gasteiger charge is -2.02. The van der Waals surface area contributed by atoms with Crippen LogP contribution in [0.25, 0.3) is 0 Å². The molecule has 0 N–H and O–H groups in total. The highest BCUT2D eigenvalue weighted by molar-refractivity contribution is 7.91. The Morgan fingerprint density at radius 2 is 2.07 bits per heavy atom. The van der Waals surface area contributed by atoms with Gasteiger partial charge in [0.25, 0.3) is 0 Å². The number of hydrogen-bond donors (Lipinski definition) is 0. The van der Waals surface area contributed by atoms with Crippen molar-refractivity contribution in [3.05, 3.63) is 22.4 Å². The first-order valence-electron chi connectivity index (χ1n) is 4.01. The van der Waals surface area contributed by atoms with Crippen LogP contribution in [0.1, 0.15) is 13.3 Å². The van der Waals surface area contributed by atoms with Gasteiger partial charge in [0.1, 0.15) is 5.15 Å². The smallest absolute Gasteiger partial charge is 0.179 e. The van der Waals surface area contributed by atoms with E-state index in [1.165, 1.54) is 12.3 Å². The van der Waals surface area contributed by atoms with E-state index in [1.54, 1.807) is 6.92 Å². The molecule has 0 spiro atoms. The number of sulfone groups is 1. The van der Waals surface area contributed by atoms with Crippen LogP contribution in [-0.4, -0.2) is 19.2 Å². The van der Waals surface area contributed by atoms with Gasteiger partial charge >= 0.3 is 0 Å². The summed E-state index contributed by atoms with van der Waals surface area (Å²) in [6, 6.07) is 1.32. The standard InChI is InChI=1S/C8H9Cl2NO2S/c1-2-3-14(12,13)6-4-7(9)8(10)11-5-6/h4-5H,2-3H2,1H3. The molecular formula is C8H9Cl2NO2S. The summed E-state index contributed by atoms with van der Waals surface area (Å²) in [5.41, 5.74) is 0. The van der Waals surface area contributed by atoms with Crippen molar-refractivity contribution in [1.29, 1.82) is 0 Å². The molecule has 1 aromatic rings. The third-order valence-electron chi connectivity index (χ3n) is 1.60. The highest BCUT2D eigenvalue weighted by atomic mass is 35.5. The summed E-state index contributed by atoms with van der Waals surface area (Å²) in [6.45, 7) is 1.79. The van der Waals surface area contributed by atoms with E-state index in [0.717, 1.165) is 0 Å². The fraction of sp³-hybridized carbons (Fsp3) is 0.375. The van der Waals surface area contributed by atoms with Crippen LogP contribution < -0.4 is 0 Å². The molecule has 0 amide bonds. The summed E-state index contributed by atoms with van der Waals surface area (Å²) in [7, 11) is -3.26. The van der Waals surface area contributed by atoms with Crippen LogP contribution in [0.5, 0.6) is 0 Å². The Balaban J connectivity index is 3.15. The number of aromatic nitrogens is 1. The molecule has 0 radical (unpaired) electrons. The molecule has 0 aromatic carbocycles. The molecule has 0 saturated carbocycles. The third kappa shape index (κ3) is 2.59. The highest BCUT2D eigenvalue weighted by Gasteiger charge is 2.14. The second-order valence-corrected chi connectivity index (χ2v) is 5.64. The number of nitrogens with zero attached hydrogens (tertiary/aromatic N) is 1. The van der Waals surface area contributed by atoms with E-state index in [-0.39, 0.29) is 20.8 Å². The zero-order valence-electron chi connectivity index (χ0n) is 7.50. The van der Waals surface area contributed by atoms with E-state index in [9.17, 15) is 8.42 Å². The average molecular weight is 254 g/mol. The monoisotopic (exact) mass is 253 g/mol. The molecule has 0 aliphatic rings. The normalized spacial score (nSPS) is 11.6. The third-order valence-corrected chi connectivity index (χ3v) is 4.18. The van der Waals surface area contributed by atoms with Gasteiger partial charge in [0.15, 0.2) is 9.84 Å². The van der Waals surface area contributed by atoms with Gasteiger partial charge in [-0.25, -0.2) is 13.4 Å². The predicted octanol–water partition coefficient (Wildman–Crippen LogP) is 2.57. The van der Waals surface area contributed by atoms with Crippen molar-refractivity contribution >= 4 is 33.0 Å². The second-order valence-electron chi connectivity index (χ2n) is 2.76. The van der Waals surface area contributed by atoms with Gasteiger partial charge < -0.3 is 0 Å². The second kappa shape index (κ2) is 4.47. The fourth-order valence-corrected chi connectivity index (χ4v) is 2.58. The fourth-order valence-electron chi connectivity index (χ4n) is 0.960. The molecule has 3 nitrogen and oxygen atoms in total. The van der Waals surface area contributed by atoms with Gasteiger partial charge in [-0.2, -0.15) is 0 Å². The van der Waals surface area contributed by atoms with E-state index in [1.807, 2.05) is 0 Å². The highest BCUT2D eigenvalue weighted by Crippen LogP contribution is 2.22. The maximum atomic E-state index is 11.6. The van der Waals surface area contributed by atoms with E-state index in [0.29, 0.717) is 6.42 Å². The van der Waals surface area contributed by atoms with Gasteiger partial charge in [-0.15, -0.1) is 0 Å². The molecule has 0 aliphatic carbocycles. The van der Waals surface area contributed by atoms with Crippen LogP contribution in [0.4, 0.5) is 0 Å². The Morgan fingerprint density at radius 1 is 1.43 bits per heavy atom. The van der Waals surface area contributed by atoms with E-state index < -0.39 is 9.84 Å². The van der Waals surface area contributed by atoms with Crippen molar-refractivity contribution in [3.63, 3.8) is 0 Å². The minimum absolute atomic E-state index is 0.0899. The van der Waals surface area contributed by atoms with Gasteiger partial charge in [-0.05, 0) is 12.5 Å². The quantitative estimate of drug-likeness (QED) is 0.779. The predicted molar refractivity (Wildman–Crippen MR) is 56.6 cm³/mol. The molecule has 0 atom stereocenters. The van der Waals surface area contributed by atoms with Crippen molar-refractivity contribution in [3.8, 4) is 0 Å². The SMILES string of the molecule is CCCS(=O)(=O)c1cnc(Cl)c(Cl)c1. The first-order chi connectivity index (χ1) is 6.47. The van der Waals surface area contributed by atoms with Crippen LogP contribution >= 0.6 is 23.2 Å². The molecule has 1 aromatic heterocycles. The van der Waals surface area contributed by atoms with Crippen molar-refractivity contribution < 1.29 is 8.42 Å². The Labute approximate surface area is 93.0 Å². The summed E-state index contributed by atoms with van der Waals surface area (Å²) >= 11 is 11.2. The first-order valence-corrected chi connectivity index (χ1v) is 6.42. The Morgan fingerprint density at radius 3 is 2.57 bits per heavy atom. The Hall–Kier alpha value is -0.320. The summed E-state index contributed by atoms with van der Waals surface area (Å²) in [5.74, 6) is 0.0899. The average Bonchev–Trinajstić information content (AvgIpc) is 2.09. The van der Waals surface area contributed by atoms with Gasteiger partial charge in [0.2, 0.25) is 0 Å². The van der Waals surface area contributed by atoms with Crippen LogP contribution in [0, 0.1) is 0 Å². The van der Waals surface area contributed by atoms with E-state index >= 15 is 0 Å². The van der Waals surface area contributed by atoms with Crippen molar-refractivity contribution in [2.24, 2.45) is 0 Å². The molecule has 1 rings (SSSR count). The minimum Gasteiger partial charge on any atom is -0.242 e. The Bertz CT molecular complexity index is 431. The molecular weight excluding hydrogens is 245 g/mol. The maximum absolute atomic E-state index is 11.6. The number of rotatable bonds is 3. The van der Waals surface area contributed by atoms with E-state index in [2.05, 4.69) is 4.98 Å². The lowest BCUT2D eigenvalue weighted by atomic mass is 10.5. The van der Waals surface area contributed by atoms with Gasteiger partial charge in [-0.3, -0.25) is 0 Å². The summed E-state index contributed by atoms with van der Waals surface area (Å²) < 4.78 is 23.1. The first kappa shape index (κ1) is 11.8. The molecule has 14 heavy (non-hydrogen) atoms. The lowest BCUT2D eigenvalue weighted by molar-refractivity contribution is 0.594. The van der Waals surface area contributed by atoms with Crippen molar-refractivity contribution in [1.82, 2.24) is 4.98 Å². The van der Waals surface area contributed by atoms with E-state index in [4.69, 9.17) is 23.2 Å². The molecule has 0 bridgehead atoms. The minimum atomic E-state index is -3.26. The van der Waals surface area contributed by atoms with Crippen LogP contribution in [0.3, 0.4) is 0 Å². The zero-order chi connectivity index (χ0) is 10.8. The van der Waals surface area contributed by atoms with Crippen LogP contribution in [-0.2, 0) is 9.84 Å². The van der Waals surface area contributed by atoms with Gasteiger partial charge in [0.05, 0.1) is 15.7 Å². The molecule has 0 fully saturated rings. The zero-order valence-corrected chi connectivity index (χ0v) is 9.83. The molecule has 0 unspecified atom stereocenters. The Kier molecular flexibility index (Phi) is 3.75. The molecule has 0 saturated heterocycles. The van der Waals surface area contributed by atoms with Crippen molar-refractivity contribution in [2.45, 2.75) is 18.2 Å². The molecule has 78 valence electrons. The summed E-state index contributed by atoms with van der Waals surface area (Å²) in [6.07, 6.45) is 1.78. The maximum Gasteiger partial charge on any atom is 0.179 e. The van der Waals surface area contributed by atoms with Crippen molar-refractivity contribution in [2.75, 3.05) is 5.75 Å². The molecule has 6 heteroatoms. The van der Waals surface area contributed by atoms with Crippen LogP contribution in [0.2, 0.25) is 10.2 Å². The number of hydrogen-bond acceptors (Lipinski definition) is 3. The van der Waals surface area contributed by atoms with Crippen LogP contribution in [0.15, 0.2) is 17.2 Å². The molecule has 0 aliphatic heterocycles. The van der Waals surface area contributed by atoms with Gasteiger partial charge in [0, 0.05) is 6.20 Å². The number of pyridine rings is 1. The summed E-state index contributed by atoms with van der Waals surface area (Å²) in [4.78, 5) is 3.80. The molecule has 1 heterocycles. The number of halogens is 2. The lowest BCUT2D eigenvalue weighted by Crippen LogP contribution is -2.06. The van der Waals surface area contributed by atoms with Gasteiger partial charge in [-0.1, -0.05) is 30.1 Å². The largest absolute Gasteiger partial charge is 0.242 e. The summed E-state index contributed by atoms with van der Waals surface area (Å²) in [5, 5.41) is 0.269. The topological polar surface area (TPSA) is 47.0 Å².